The fraction of sp³-hybridized carbons (Fsp3) is 0.500. The van der Waals surface area contributed by atoms with E-state index in [4.69, 9.17) is 4.74 Å². The summed E-state index contributed by atoms with van der Waals surface area (Å²) in [5, 5.41) is 11.3. The first-order chi connectivity index (χ1) is 20.3. The summed E-state index contributed by atoms with van der Waals surface area (Å²) < 4.78 is 4.49. The lowest BCUT2D eigenvalue weighted by molar-refractivity contribution is -0.155. The van der Waals surface area contributed by atoms with Gasteiger partial charge in [-0.15, -0.1) is 24.9 Å². The van der Waals surface area contributed by atoms with Crippen LogP contribution in [0.1, 0.15) is 51.9 Å². The number of thioether (sulfide) groups is 1. The SMILES string of the molecule is C=CCCOC(=O)[C@H]1[C@H]2C(=O)N(CCCCCCO)C(C(=O)N(CC=C)c3ccc4ccccc4c3)C23CC[C@]1(C)S3. The van der Waals surface area contributed by atoms with Crippen molar-refractivity contribution in [1.82, 2.24) is 4.90 Å². The van der Waals surface area contributed by atoms with Crippen LogP contribution in [0.4, 0.5) is 5.69 Å². The number of anilines is 1. The molecular formula is C34H42N2O5S. The Bertz CT molecular complexity index is 1360. The number of hydrogen-bond acceptors (Lipinski definition) is 6. The van der Waals surface area contributed by atoms with Crippen LogP contribution in [0, 0.1) is 11.8 Å². The van der Waals surface area contributed by atoms with Gasteiger partial charge >= 0.3 is 5.97 Å². The Hall–Kier alpha value is -3.10. The molecule has 2 unspecified atom stereocenters. The first-order valence-electron chi connectivity index (χ1n) is 15.1. The number of esters is 1. The predicted molar refractivity (Wildman–Crippen MR) is 168 cm³/mol. The van der Waals surface area contributed by atoms with Crippen molar-refractivity contribution in [2.75, 3.05) is 31.2 Å². The highest BCUT2D eigenvalue weighted by atomic mass is 32.2. The molecule has 2 aromatic carbocycles. The van der Waals surface area contributed by atoms with E-state index in [-0.39, 0.29) is 31.0 Å². The summed E-state index contributed by atoms with van der Waals surface area (Å²) in [5.74, 6) is -1.80. The number of nitrogens with zero attached hydrogens (tertiary/aromatic N) is 2. The van der Waals surface area contributed by atoms with Gasteiger partial charge < -0.3 is 19.6 Å². The molecule has 0 radical (unpaired) electrons. The maximum absolute atomic E-state index is 14.8. The molecule has 5 atom stereocenters. The van der Waals surface area contributed by atoms with Gasteiger partial charge in [-0.1, -0.05) is 55.3 Å². The Morgan fingerprint density at radius 3 is 2.60 bits per heavy atom. The van der Waals surface area contributed by atoms with Crippen LogP contribution in [0.2, 0.25) is 0 Å². The molecule has 2 bridgehead atoms. The van der Waals surface area contributed by atoms with Crippen molar-refractivity contribution >= 4 is 46.0 Å². The van der Waals surface area contributed by atoms with E-state index >= 15 is 0 Å². The maximum Gasteiger partial charge on any atom is 0.311 e. The highest BCUT2D eigenvalue weighted by molar-refractivity contribution is 8.02. The van der Waals surface area contributed by atoms with Crippen molar-refractivity contribution in [2.45, 2.75) is 67.4 Å². The summed E-state index contributed by atoms with van der Waals surface area (Å²) >= 11 is 1.66. The number of amides is 2. The molecule has 3 saturated heterocycles. The number of rotatable bonds is 14. The van der Waals surface area contributed by atoms with Crippen molar-refractivity contribution in [3.63, 3.8) is 0 Å². The van der Waals surface area contributed by atoms with Crippen molar-refractivity contribution in [3.05, 3.63) is 67.8 Å². The maximum atomic E-state index is 14.8. The Morgan fingerprint density at radius 2 is 1.86 bits per heavy atom. The summed E-state index contributed by atoms with van der Waals surface area (Å²) in [4.78, 5) is 46.2. The molecule has 1 N–H and O–H groups in total. The molecule has 0 saturated carbocycles. The van der Waals surface area contributed by atoms with E-state index in [9.17, 15) is 19.5 Å². The minimum atomic E-state index is -0.702. The zero-order valence-corrected chi connectivity index (χ0v) is 25.3. The van der Waals surface area contributed by atoms with E-state index in [2.05, 4.69) is 20.1 Å². The van der Waals surface area contributed by atoms with Crippen molar-refractivity contribution in [2.24, 2.45) is 11.8 Å². The number of unbranched alkanes of at least 4 members (excludes halogenated alkanes) is 3. The summed E-state index contributed by atoms with van der Waals surface area (Å²) in [5.41, 5.74) is 0.762. The van der Waals surface area contributed by atoms with Gasteiger partial charge in [-0.2, -0.15) is 0 Å². The quantitative estimate of drug-likeness (QED) is 0.177. The summed E-state index contributed by atoms with van der Waals surface area (Å²) in [6, 6.07) is 13.3. The van der Waals surface area contributed by atoms with Crippen LogP contribution in [0.25, 0.3) is 10.8 Å². The van der Waals surface area contributed by atoms with E-state index in [1.54, 1.807) is 33.7 Å². The molecule has 7 nitrogen and oxygen atoms in total. The summed E-state index contributed by atoms with van der Waals surface area (Å²) in [6.07, 6.45) is 8.57. The zero-order chi connectivity index (χ0) is 29.9. The number of carbonyl (C=O) groups excluding carboxylic acids is 3. The Kier molecular flexibility index (Phi) is 9.14. The normalized spacial score (nSPS) is 27.7. The number of fused-ring (bicyclic) bond motifs is 2. The molecule has 8 heteroatoms. The van der Waals surface area contributed by atoms with Gasteiger partial charge in [-0.05, 0) is 61.9 Å². The average Bonchev–Trinajstić information content (AvgIpc) is 3.56. The van der Waals surface area contributed by atoms with E-state index < -0.39 is 27.4 Å². The first kappa shape index (κ1) is 30.4. The lowest BCUT2D eigenvalue weighted by Gasteiger charge is -2.37. The molecule has 5 rings (SSSR count). The molecule has 0 aliphatic carbocycles. The first-order valence-corrected chi connectivity index (χ1v) is 15.9. The van der Waals surface area contributed by atoms with Gasteiger partial charge in [-0.3, -0.25) is 14.4 Å². The molecule has 1 spiro atoms. The molecule has 3 aliphatic rings. The van der Waals surface area contributed by atoms with Gasteiger partial charge in [0.1, 0.15) is 6.04 Å². The molecule has 3 aliphatic heterocycles. The van der Waals surface area contributed by atoms with Crippen molar-refractivity contribution in [1.29, 1.82) is 0 Å². The number of aliphatic hydroxyl groups is 1. The standard InChI is InChI=1S/C34H42N2O5S/c1-4-6-22-41-32(40)28-27-30(38)36(20-11-7-8-12-21-37)29(34(27)18-17-33(28,3)42-34)31(39)35(19-5-2)26-16-15-24-13-9-10-14-25(24)23-26/h4-5,9-10,13-16,23,27-29,37H,1-2,6-8,11-12,17-22H2,3H3/t27-,28+,29?,33-,34?/m0/s1. The highest BCUT2D eigenvalue weighted by Gasteiger charge is 2.77. The van der Waals surface area contributed by atoms with Crippen LogP contribution in [0.15, 0.2) is 67.8 Å². The van der Waals surface area contributed by atoms with Gasteiger partial charge in [0.25, 0.3) is 5.91 Å². The van der Waals surface area contributed by atoms with Crippen LogP contribution in [0.3, 0.4) is 0 Å². The third kappa shape index (κ3) is 5.28. The van der Waals surface area contributed by atoms with E-state index in [1.807, 2.05) is 42.5 Å². The van der Waals surface area contributed by atoms with Crippen LogP contribution in [0.5, 0.6) is 0 Å². The highest BCUT2D eigenvalue weighted by Crippen LogP contribution is 2.71. The molecular weight excluding hydrogens is 548 g/mol. The monoisotopic (exact) mass is 590 g/mol. The fourth-order valence-corrected chi connectivity index (χ4v) is 9.67. The van der Waals surface area contributed by atoms with Gasteiger partial charge in [0.05, 0.1) is 23.2 Å². The van der Waals surface area contributed by atoms with Crippen molar-refractivity contribution < 1.29 is 24.2 Å². The molecule has 2 amide bonds. The van der Waals surface area contributed by atoms with Gasteiger partial charge in [0.2, 0.25) is 5.91 Å². The lowest BCUT2D eigenvalue weighted by Crippen LogP contribution is -2.55. The number of likely N-dealkylation sites (tertiary alicyclic amines) is 1. The predicted octanol–water partition coefficient (Wildman–Crippen LogP) is 5.51. The number of benzene rings is 2. The van der Waals surface area contributed by atoms with Gasteiger partial charge in [-0.25, -0.2) is 0 Å². The molecule has 224 valence electrons. The van der Waals surface area contributed by atoms with Gasteiger partial charge in [0, 0.05) is 30.1 Å². The van der Waals surface area contributed by atoms with E-state index in [0.717, 1.165) is 42.1 Å². The lowest BCUT2D eigenvalue weighted by atomic mass is 9.66. The second-order valence-electron chi connectivity index (χ2n) is 11.9. The Morgan fingerprint density at radius 1 is 1.10 bits per heavy atom. The number of ether oxygens (including phenoxy) is 1. The van der Waals surface area contributed by atoms with Crippen LogP contribution >= 0.6 is 11.8 Å². The van der Waals surface area contributed by atoms with E-state index in [1.165, 1.54) is 0 Å². The number of aliphatic hydroxyl groups excluding tert-OH is 1. The second-order valence-corrected chi connectivity index (χ2v) is 13.8. The Balaban J connectivity index is 1.52. The van der Waals surface area contributed by atoms with Crippen LogP contribution < -0.4 is 4.90 Å². The number of carbonyl (C=O) groups is 3. The molecule has 3 heterocycles. The average molecular weight is 591 g/mol. The smallest absolute Gasteiger partial charge is 0.311 e. The number of hydrogen-bond donors (Lipinski definition) is 1. The van der Waals surface area contributed by atoms with Crippen molar-refractivity contribution in [3.8, 4) is 0 Å². The summed E-state index contributed by atoms with van der Waals surface area (Å²) in [6.45, 7) is 10.8. The minimum Gasteiger partial charge on any atom is -0.465 e. The largest absolute Gasteiger partial charge is 0.465 e. The molecule has 0 aromatic heterocycles. The topological polar surface area (TPSA) is 87.1 Å². The zero-order valence-electron chi connectivity index (χ0n) is 24.5. The van der Waals surface area contributed by atoms with Crippen LogP contribution in [-0.4, -0.2) is 69.6 Å². The van der Waals surface area contributed by atoms with Gasteiger partial charge in [0.15, 0.2) is 0 Å². The molecule has 42 heavy (non-hydrogen) atoms. The third-order valence-corrected chi connectivity index (χ3v) is 11.2. The Labute approximate surface area is 253 Å². The molecule has 3 fully saturated rings. The minimum absolute atomic E-state index is 0.117. The van der Waals surface area contributed by atoms with Crippen LogP contribution in [-0.2, 0) is 19.1 Å². The fourth-order valence-electron chi connectivity index (χ4n) is 7.33. The second kappa shape index (κ2) is 12.6. The third-order valence-electron chi connectivity index (χ3n) is 9.26. The molecule has 2 aromatic rings. The van der Waals surface area contributed by atoms with E-state index in [0.29, 0.717) is 32.4 Å². The summed E-state index contributed by atoms with van der Waals surface area (Å²) in [7, 11) is 0.